The van der Waals surface area contributed by atoms with Gasteiger partial charge in [0.25, 0.3) is 0 Å². The zero-order valence-electron chi connectivity index (χ0n) is 9.71. The lowest BCUT2D eigenvalue weighted by Gasteiger charge is -2.00. The zero-order valence-corrected chi connectivity index (χ0v) is 12.1. The summed E-state index contributed by atoms with van der Waals surface area (Å²) >= 11 is 3.29. The van der Waals surface area contributed by atoms with E-state index in [0.717, 1.165) is 10.0 Å². The first kappa shape index (κ1) is 13.5. The van der Waals surface area contributed by atoms with Gasteiger partial charge in [0.2, 0.25) is 0 Å². The predicted molar refractivity (Wildman–Crippen MR) is 71.3 cm³/mol. The van der Waals surface area contributed by atoms with Gasteiger partial charge in [0.15, 0.2) is 9.84 Å². The fraction of sp³-hybridized carbons (Fsp3) is 0.417. The molecule has 1 fully saturated rings. The molecule has 0 spiro atoms. The van der Waals surface area contributed by atoms with E-state index < -0.39 is 32.9 Å². The van der Waals surface area contributed by atoms with Crippen LogP contribution in [0, 0.1) is 5.92 Å². The number of carboxylic acids is 1. The summed E-state index contributed by atoms with van der Waals surface area (Å²) in [7, 11) is -3.32. The Kier molecular flexibility index (Phi) is 3.51. The first-order valence-electron chi connectivity index (χ1n) is 5.58. The maximum absolute atomic E-state index is 11.9. The third-order valence-electron chi connectivity index (χ3n) is 3.31. The largest absolute Gasteiger partial charge is 0.481 e. The molecule has 0 saturated heterocycles. The minimum Gasteiger partial charge on any atom is -0.481 e. The number of sulfone groups is 1. The van der Waals surface area contributed by atoms with Gasteiger partial charge >= 0.3 is 5.97 Å². The smallest absolute Gasteiger partial charge is 0.308 e. The lowest BCUT2D eigenvalue weighted by molar-refractivity contribution is -0.138. The van der Waals surface area contributed by atoms with Crippen LogP contribution >= 0.6 is 15.9 Å². The zero-order chi connectivity index (χ0) is 13.5. The molecule has 1 N–H and O–H groups in total. The normalized spacial score (nSPS) is 26.9. The van der Waals surface area contributed by atoms with Gasteiger partial charge in [0.05, 0.1) is 11.2 Å². The molecule has 3 atom stereocenters. The van der Waals surface area contributed by atoms with Crippen LogP contribution in [0.1, 0.15) is 18.4 Å². The van der Waals surface area contributed by atoms with Crippen LogP contribution in [0.15, 0.2) is 28.7 Å². The van der Waals surface area contributed by atoms with E-state index in [9.17, 15) is 13.2 Å². The maximum atomic E-state index is 11.9. The van der Waals surface area contributed by atoms with Gasteiger partial charge in [0, 0.05) is 16.1 Å². The molecule has 0 aromatic heterocycles. The van der Waals surface area contributed by atoms with Crippen LogP contribution in [-0.4, -0.2) is 30.5 Å². The fourth-order valence-electron chi connectivity index (χ4n) is 2.30. The standard InChI is InChI=1S/C12H13BrO4S/c1-2-18(16,17)11-9(10(11)12(14)15)7-3-5-8(13)6-4-7/h3-6,9-11H,2H2,1H3,(H,14,15)/t9-,10-,11+/m0/s1. The molecule has 6 heteroatoms. The highest BCUT2D eigenvalue weighted by Gasteiger charge is 2.62. The molecule has 4 nitrogen and oxygen atoms in total. The van der Waals surface area contributed by atoms with E-state index in [1.165, 1.54) is 0 Å². The summed E-state index contributed by atoms with van der Waals surface area (Å²) in [5, 5.41) is 8.32. The van der Waals surface area contributed by atoms with Crippen molar-refractivity contribution in [3.8, 4) is 0 Å². The second-order valence-electron chi connectivity index (χ2n) is 4.36. The second-order valence-corrected chi connectivity index (χ2v) is 7.72. The Morgan fingerprint density at radius 3 is 2.33 bits per heavy atom. The summed E-state index contributed by atoms with van der Waals surface area (Å²) in [4.78, 5) is 11.1. The van der Waals surface area contributed by atoms with Gasteiger partial charge in [-0.3, -0.25) is 4.79 Å². The van der Waals surface area contributed by atoms with Crippen molar-refractivity contribution in [3.63, 3.8) is 0 Å². The van der Waals surface area contributed by atoms with Crippen LogP contribution in [0.3, 0.4) is 0 Å². The Bertz CT molecular complexity index is 564. The van der Waals surface area contributed by atoms with Crippen molar-refractivity contribution in [2.45, 2.75) is 18.1 Å². The quantitative estimate of drug-likeness (QED) is 0.915. The second kappa shape index (κ2) is 4.66. The van der Waals surface area contributed by atoms with E-state index in [0.29, 0.717) is 0 Å². The van der Waals surface area contributed by atoms with Crippen molar-refractivity contribution >= 4 is 31.7 Å². The van der Waals surface area contributed by atoms with Gasteiger partial charge in [-0.05, 0) is 17.7 Å². The molecule has 18 heavy (non-hydrogen) atoms. The summed E-state index contributed by atoms with van der Waals surface area (Å²) < 4.78 is 24.6. The number of hydrogen-bond acceptors (Lipinski definition) is 3. The van der Waals surface area contributed by atoms with E-state index in [4.69, 9.17) is 5.11 Å². The molecule has 1 aromatic carbocycles. The Morgan fingerprint density at radius 2 is 1.89 bits per heavy atom. The van der Waals surface area contributed by atoms with Crippen LogP contribution in [0.2, 0.25) is 0 Å². The summed E-state index contributed by atoms with van der Waals surface area (Å²) in [6.45, 7) is 1.55. The summed E-state index contributed by atoms with van der Waals surface area (Å²) in [6, 6.07) is 7.14. The summed E-state index contributed by atoms with van der Waals surface area (Å²) in [5.41, 5.74) is 0.771. The highest BCUT2D eigenvalue weighted by molar-refractivity contribution is 9.10. The predicted octanol–water partition coefficient (Wildman–Crippen LogP) is 2.05. The fourth-order valence-corrected chi connectivity index (χ4v) is 4.36. The van der Waals surface area contributed by atoms with Gasteiger partial charge in [-0.2, -0.15) is 0 Å². The van der Waals surface area contributed by atoms with Crippen molar-refractivity contribution < 1.29 is 18.3 Å². The molecule has 98 valence electrons. The van der Waals surface area contributed by atoms with E-state index in [-0.39, 0.29) is 5.75 Å². The van der Waals surface area contributed by atoms with Gasteiger partial charge in [-0.15, -0.1) is 0 Å². The number of carbonyl (C=O) groups is 1. The van der Waals surface area contributed by atoms with Crippen LogP contribution < -0.4 is 0 Å². The molecular weight excluding hydrogens is 320 g/mol. The third kappa shape index (κ3) is 2.31. The molecular formula is C12H13BrO4S. The summed E-state index contributed by atoms with van der Waals surface area (Å²) in [6.07, 6.45) is 0. The van der Waals surface area contributed by atoms with Gasteiger partial charge in [-0.25, -0.2) is 8.42 Å². The Morgan fingerprint density at radius 1 is 1.33 bits per heavy atom. The number of aliphatic carboxylic acids is 1. The van der Waals surface area contributed by atoms with E-state index >= 15 is 0 Å². The monoisotopic (exact) mass is 332 g/mol. The van der Waals surface area contributed by atoms with E-state index in [1.807, 2.05) is 0 Å². The third-order valence-corrected chi connectivity index (χ3v) is 6.06. The number of hydrogen-bond donors (Lipinski definition) is 1. The molecule has 1 aromatic rings. The molecule has 0 unspecified atom stereocenters. The first-order chi connectivity index (χ1) is 8.38. The Balaban J connectivity index is 2.33. The van der Waals surface area contributed by atoms with Crippen LogP contribution in [0.4, 0.5) is 0 Å². The van der Waals surface area contributed by atoms with Gasteiger partial charge in [0.1, 0.15) is 0 Å². The molecule has 2 rings (SSSR count). The average Bonchev–Trinajstić information content (AvgIpc) is 3.06. The molecule has 0 bridgehead atoms. The summed E-state index contributed by atoms with van der Waals surface area (Å²) in [5.74, 6) is -2.28. The number of benzene rings is 1. The average molecular weight is 333 g/mol. The minimum atomic E-state index is -3.32. The van der Waals surface area contributed by atoms with Crippen molar-refractivity contribution in [2.75, 3.05) is 5.75 Å². The maximum Gasteiger partial charge on any atom is 0.308 e. The van der Waals surface area contributed by atoms with Crippen molar-refractivity contribution in [3.05, 3.63) is 34.3 Å². The molecule has 0 heterocycles. The van der Waals surface area contributed by atoms with Crippen molar-refractivity contribution in [1.82, 2.24) is 0 Å². The van der Waals surface area contributed by atoms with Gasteiger partial charge in [-0.1, -0.05) is 35.0 Å². The Labute approximate surface area is 114 Å². The number of halogens is 1. The van der Waals surface area contributed by atoms with Crippen LogP contribution in [-0.2, 0) is 14.6 Å². The topological polar surface area (TPSA) is 71.4 Å². The van der Waals surface area contributed by atoms with Crippen molar-refractivity contribution in [2.24, 2.45) is 5.92 Å². The van der Waals surface area contributed by atoms with E-state index in [1.54, 1.807) is 31.2 Å². The number of carboxylic acid groups (broad SMARTS) is 1. The highest BCUT2D eigenvalue weighted by atomic mass is 79.9. The molecule has 1 aliphatic carbocycles. The molecule has 0 amide bonds. The molecule has 1 aliphatic rings. The minimum absolute atomic E-state index is 0.0194. The molecule has 0 radical (unpaired) electrons. The number of rotatable bonds is 4. The lowest BCUT2D eigenvalue weighted by Crippen LogP contribution is -2.14. The van der Waals surface area contributed by atoms with Crippen LogP contribution in [0.25, 0.3) is 0 Å². The Hall–Kier alpha value is -0.880. The SMILES string of the molecule is CCS(=O)(=O)[C@H]1[C@@H](C(=O)O)[C@@H]1c1ccc(Br)cc1. The van der Waals surface area contributed by atoms with Crippen LogP contribution in [0.5, 0.6) is 0 Å². The molecule has 0 aliphatic heterocycles. The van der Waals surface area contributed by atoms with Crippen molar-refractivity contribution in [1.29, 1.82) is 0 Å². The van der Waals surface area contributed by atoms with E-state index in [2.05, 4.69) is 15.9 Å². The molecule has 1 saturated carbocycles. The first-order valence-corrected chi connectivity index (χ1v) is 8.09. The van der Waals surface area contributed by atoms with Gasteiger partial charge < -0.3 is 5.11 Å². The highest BCUT2D eigenvalue weighted by Crippen LogP contribution is 2.52. The lowest BCUT2D eigenvalue weighted by atomic mass is 10.1.